The number of aromatic hydroxyl groups is 1. The highest BCUT2D eigenvalue weighted by Gasteiger charge is 2.29. The molecule has 0 aliphatic carbocycles. The van der Waals surface area contributed by atoms with Crippen LogP contribution in [0, 0.1) is 0 Å². The van der Waals surface area contributed by atoms with E-state index in [4.69, 9.17) is 4.74 Å². The number of phenols is 1. The van der Waals surface area contributed by atoms with E-state index in [0.717, 1.165) is 29.0 Å². The molecule has 3 rings (SSSR count). The Balaban J connectivity index is 1.95. The molecule has 0 saturated heterocycles. The maximum atomic E-state index is 10.5. The fraction of sp³-hybridized carbons (Fsp3) is 0.208. The number of methoxy groups -OCH3 is 1. The zero-order chi connectivity index (χ0) is 20.0. The monoisotopic (exact) mass is 391 g/mol. The van der Waals surface area contributed by atoms with E-state index in [1.807, 2.05) is 48.7 Å². The van der Waals surface area contributed by atoms with Crippen LogP contribution in [0.25, 0.3) is 0 Å². The van der Waals surface area contributed by atoms with Gasteiger partial charge in [-0.15, -0.1) is 0 Å². The number of hydrogen-bond donors (Lipinski definition) is 1. The summed E-state index contributed by atoms with van der Waals surface area (Å²) < 4.78 is 5.38. The van der Waals surface area contributed by atoms with E-state index >= 15 is 0 Å². The Morgan fingerprint density at radius 1 is 1.04 bits per heavy atom. The second-order valence-electron chi connectivity index (χ2n) is 6.87. The zero-order valence-electron chi connectivity index (χ0n) is 16.5. The van der Waals surface area contributed by atoms with Gasteiger partial charge in [-0.1, -0.05) is 64.9 Å². The van der Waals surface area contributed by atoms with Crippen molar-refractivity contribution < 1.29 is 9.84 Å². The van der Waals surface area contributed by atoms with Crippen molar-refractivity contribution in [2.24, 2.45) is 4.99 Å². The highest BCUT2D eigenvalue weighted by Crippen LogP contribution is 2.48. The van der Waals surface area contributed by atoms with E-state index in [2.05, 4.69) is 37.0 Å². The normalized spacial score (nSPS) is 13.8. The number of benzene rings is 3. The van der Waals surface area contributed by atoms with Crippen LogP contribution in [0.4, 0.5) is 5.69 Å². The molecule has 0 radical (unpaired) electrons. The fourth-order valence-corrected chi connectivity index (χ4v) is 4.69. The van der Waals surface area contributed by atoms with Gasteiger partial charge in [0.05, 0.1) is 12.8 Å². The van der Waals surface area contributed by atoms with Crippen molar-refractivity contribution in [3.05, 3.63) is 83.9 Å². The first kappa shape index (κ1) is 20.1. The molecule has 28 heavy (non-hydrogen) atoms. The summed E-state index contributed by atoms with van der Waals surface area (Å²) in [5, 5.41) is 11.6. The molecule has 3 aromatic carbocycles. The summed E-state index contributed by atoms with van der Waals surface area (Å²) in [7, 11) is 2.13. The Morgan fingerprint density at radius 3 is 2.46 bits per heavy atom. The minimum Gasteiger partial charge on any atom is -0.508 e. The lowest BCUT2D eigenvalue weighted by molar-refractivity contribution is 0.408. The summed E-state index contributed by atoms with van der Waals surface area (Å²) in [6.07, 6.45) is 2.83. The molecule has 0 aromatic heterocycles. The van der Waals surface area contributed by atoms with Gasteiger partial charge < -0.3 is 9.84 Å². The summed E-state index contributed by atoms with van der Waals surface area (Å²) in [6.45, 7) is 4.36. The Kier molecular flexibility index (Phi) is 6.49. The Morgan fingerprint density at radius 2 is 1.75 bits per heavy atom. The van der Waals surface area contributed by atoms with E-state index in [-0.39, 0.29) is 5.16 Å². The summed E-state index contributed by atoms with van der Waals surface area (Å²) in [4.78, 5) is 4.62. The molecule has 0 amide bonds. The first-order valence-electron chi connectivity index (χ1n) is 9.39. The molecule has 2 atom stereocenters. The van der Waals surface area contributed by atoms with Crippen molar-refractivity contribution in [1.82, 2.24) is 0 Å². The number of rotatable bonds is 7. The predicted octanol–water partition coefficient (Wildman–Crippen LogP) is 5.78. The molecule has 1 N–H and O–H groups in total. The second kappa shape index (κ2) is 9.03. The Hall–Kier alpha value is -2.64. The lowest BCUT2D eigenvalue weighted by Gasteiger charge is -2.30. The Bertz CT molecular complexity index is 956. The highest BCUT2D eigenvalue weighted by atomic mass is 31.1. The van der Waals surface area contributed by atoms with Gasteiger partial charge in [-0.05, 0) is 42.1 Å². The number of nitrogens with zero attached hydrogens (tertiary/aromatic N) is 1. The SMILES string of the molecule is CCC(C)(Pc1ccccc1/C=N/c1ccccc1)c1cc(OC)ccc1O. The molecule has 0 spiro atoms. The van der Waals surface area contributed by atoms with Crippen LogP contribution in [0.15, 0.2) is 77.8 Å². The summed E-state index contributed by atoms with van der Waals surface area (Å²) in [6, 6.07) is 23.7. The Labute approximate surface area is 168 Å². The van der Waals surface area contributed by atoms with Crippen LogP contribution in [0.3, 0.4) is 0 Å². The predicted molar refractivity (Wildman–Crippen MR) is 120 cm³/mol. The van der Waals surface area contributed by atoms with Crippen molar-refractivity contribution in [1.29, 1.82) is 0 Å². The van der Waals surface area contributed by atoms with Crippen molar-refractivity contribution in [2.75, 3.05) is 7.11 Å². The van der Waals surface area contributed by atoms with Gasteiger partial charge in [-0.2, -0.15) is 0 Å². The number of aliphatic imine (C=N–C) groups is 1. The quantitative estimate of drug-likeness (QED) is 0.410. The van der Waals surface area contributed by atoms with Crippen LogP contribution in [0.5, 0.6) is 11.5 Å². The number of hydrogen-bond acceptors (Lipinski definition) is 3. The molecule has 2 unspecified atom stereocenters. The molecule has 0 saturated carbocycles. The molecule has 0 aliphatic heterocycles. The average molecular weight is 391 g/mol. The lowest BCUT2D eigenvalue weighted by atomic mass is 9.96. The molecule has 0 fully saturated rings. The van der Waals surface area contributed by atoms with E-state index in [1.54, 1.807) is 19.2 Å². The molecule has 144 valence electrons. The second-order valence-corrected chi connectivity index (χ2v) is 8.77. The van der Waals surface area contributed by atoms with Gasteiger partial charge >= 0.3 is 0 Å². The molecule has 3 aromatic rings. The minimum absolute atomic E-state index is 0.199. The molecular weight excluding hydrogens is 365 g/mol. The lowest BCUT2D eigenvalue weighted by Crippen LogP contribution is -2.20. The zero-order valence-corrected chi connectivity index (χ0v) is 17.5. The third kappa shape index (κ3) is 4.61. The van der Waals surface area contributed by atoms with Gasteiger partial charge in [0.1, 0.15) is 11.5 Å². The van der Waals surface area contributed by atoms with E-state index in [0.29, 0.717) is 14.3 Å². The van der Waals surface area contributed by atoms with Crippen molar-refractivity contribution in [3.8, 4) is 11.5 Å². The van der Waals surface area contributed by atoms with Crippen LogP contribution in [0.2, 0.25) is 0 Å². The van der Waals surface area contributed by atoms with Crippen LogP contribution < -0.4 is 10.0 Å². The molecule has 0 aliphatic rings. The van der Waals surface area contributed by atoms with Crippen LogP contribution >= 0.6 is 8.58 Å². The van der Waals surface area contributed by atoms with Crippen LogP contribution in [-0.2, 0) is 5.16 Å². The smallest absolute Gasteiger partial charge is 0.119 e. The van der Waals surface area contributed by atoms with Gasteiger partial charge in [0, 0.05) is 22.5 Å². The van der Waals surface area contributed by atoms with Crippen LogP contribution in [0.1, 0.15) is 31.4 Å². The van der Waals surface area contributed by atoms with Crippen LogP contribution in [-0.4, -0.2) is 18.4 Å². The largest absolute Gasteiger partial charge is 0.508 e. The maximum absolute atomic E-state index is 10.5. The molecule has 0 heterocycles. The van der Waals surface area contributed by atoms with E-state index in [1.165, 1.54) is 5.30 Å². The van der Waals surface area contributed by atoms with Crippen molar-refractivity contribution in [2.45, 2.75) is 25.4 Å². The van der Waals surface area contributed by atoms with Gasteiger partial charge in [-0.3, -0.25) is 4.99 Å². The maximum Gasteiger partial charge on any atom is 0.119 e. The van der Waals surface area contributed by atoms with E-state index in [9.17, 15) is 5.11 Å². The fourth-order valence-electron chi connectivity index (χ4n) is 3.11. The molecular formula is C24H26NO2P. The number of ether oxygens (including phenoxy) is 1. The standard InChI is InChI=1S/C24H26NO2P/c1-4-24(2,21-16-20(27-3)14-15-22(21)26)28-23-13-9-8-10-18(23)17-25-19-11-6-5-7-12-19/h5-17,26,28H,4H2,1-3H3/b25-17+. The third-order valence-electron chi connectivity index (χ3n) is 4.99. The van der Waals surface area contributed by atoms with Crippen molar-refractivity contribution >= 4 is 25.8 Å². The third-order valence-corrected chi connectivity index (χ3v) is 6.88. The topological polar surface area (TPSA) is 41.8 Å². The van der Waals surface area contributed by atoms with Gasteiger partial charge in [0.15, 0.2) is 0 Å². The number of para-hydroxylation sites is 1. The molecule has 0 bridgehead atoms. The molecule has 4 heteroatoms. The summed E-state index contributed by atoms with van der Waals surface area (Å²) >= 11 is 0. The first-order valence-corrected chi connectivity index (χ1v) is 10.4. The number of phenolic OH excluding ortho intramolecular Hbond substituents is 1. The minimum atomic E-state index is -0.199. The summed E-state index contributed by atoms with van der Waals surface area (Å²) in [5.74, 6) is 1.07. The highest BCUT2D eigenvalue weighted by molar-refractivity contribution is 7.48. The van der Waals surface area contributed by atoms with Gasteiger partial charge in [-0.25, -0.2) is 0 Å². The summed E-state index contributed by atoms with van der Waals surface area (Å²) in [5.41, 5.74) is 2.96. The first-order chi connectivity index (χ1) is 13.6. The van der Waals surface area contributed by atoms with E-state index < -0.39 is 0 Å². The molecule has 3 nitrogen and oxygen atoms in total. The van der Waals surface area contributed by atoms with Crippen molar-refractivity contribution in [3.63, 3.8) is 0 Å². The van der Waals surface area contributed by atoms with Gasteiger partial charge in [0.25, 0.3) is 0 Å². The van der Waals surface area contributed by atoms with Gasteiger partial charge in [0.2, 0.25) is 0 Å². The average Bonchev–Trinajstić information content (AvgIpc) is 2.74.